The van der Waals surface area contributed by atoms with Crippen LogP contribution in [0.5, 0.6) is 5.75 Å². The molecule has 0 aliphatic heterocycles. The van der Waals surface area contributed by atoms with E-state index in [1.807, 2.05) is 0 Å². The van der Waals surface area contributed by atoms with Crippen molar-refractivity contribution in [3.05, 3.63) is 40.1 Å². The minimum absolute atomic E-state index is 0.488. The summed E-state index contributed by atoms with van der Waals surface area (Å²) in [5.74, 6) is -3.59. The summed E-state index contributed by atoms with van der Waals surface area (Å²) in [5.41, 5.74) is -1.43. The highest BCUT2D eigenvalue weighted by atomic mass is 16.3. The fraction of sp³-hybridized carbons (Fsp3) is 0.300. The molecule has 0 saturated carbocycles. The quantitative estimate of drug-likeness (QED) is 0.700. The van der Waals surface area contributed by atoms with Gasteiger partial charge in [0.05, 0.1) is 0 Å². The van der Waals surface area contributed by atoms with E-state index in [0.29, 0.717) is 6.07 Å². The number of hydrogen-bond acceptors (Lipinski definition) is 2. The number of aromatic hydroxyl groups is 1. The van der Waals surface area contributed by atoms with Crippen LogP contribution in [0.3, 0.4) is 0 Å². The van der Waals surface area contributed by atoms with Crippen LogP contribution < -0.4 is 5.43 Å². The van der Waals surface area contributed by atoms with E-state index in [-0.39, 0.29) is 0 Å². The molecular formula is C10H12O2. The molecular weight excluding hydrogens is 152 g/mol. The third-order valence-corrected chi connectivity index (χ3v) is 1.36. The predicted octanol–water partition coefficient (Wildman–Crippen LogP) is 1.88. The fourth-order valence-electron chi connectivity index (χ4n) is 0.744. The Bertz CT molecular complexity index is 519. The fourth-order valence-corrected chi connectivity index (χ4v) is 0.744. The van der Waals surface area contributed by atoms with Gasteiger partial charge in [-0.15, -0.1) is 0 Å². The molecule has 1 aromatic rings. The molecule has 0 saturated heterocycles. The van der Waals surface area contributed by atoms with Crippen LogP contribution in [-0.2, 0) is 0 Å². The van der Waals surface area contributed by atoms with Gasteiger partial charge >= 0.3 is 0 Å². The van der Waals surface area contributed by atoms with Crippen LogP contribution >= 0.6 is 0 Å². The van der Waals surface area contributed by atoms with Crippen LogP contribution in [0.2, 0.25) is 0 Å². The second-order valence-corrected chi connectivity index (χ2v) is 2.25. The minimum Gasteiger partial charge on any atom is -0.504 e. The van der Waals surface area contributed by atoms with E-state index in [9.17, 15) is 9.90 Å². The van der Waals surface area contributed by atoms with Gasteiger partial charge in [0, 0.05) is 9.60 Å². The number of rotatable bonds is 1. The van der Waals surface area contributed by atoms with Crippen molar-refractivity contribution >= 4 is 0 Å². The molecule has 0 atom stereocenters. The van der Waals surface area contributed by atoms with Gasteiger partial charge in [-0.3, -0.25) is 4.79 Å². The van der Waals surface area contributed by atoms with Crippen molar-refractivity contribution in [1.29, 1.82) is 0 Å². The van der Waals surface area contributed by atoms with Crippen LogP contribution in [0.1, 0.15) is 34.8 Å². The highest BCUT2D eigenvalue weighted by Crippen LogP contribution is 2.11. The summed E-state index contributed by atoms with van der Waals surface area (Å²) in [6.07, 6.45) is 0. The lowest BCUT2D eigenvalue weighted by Gasteiger charge is -1.98. The molecule has 0 aromatic heterocycles. The van der Waals surface area contributed by atoms with Crippen molar-refractivity contribution in [3.8, 4) is 5.75 Å². The lowest BCUT2D eigenvalue weighted by Crippen LogP contribution is -1.96. The van der Waals surface area contributed by atoms with Crippen molar-refractivity contribution in [3.63, 3.8) is 0 Å². The first-order valence-corrected chi connectivity index (χ1v) is 3.25. The van der Waals surface area contributed by atoms with Crippen LogP contribution in [0.25, 0.3) is 0 Å². The zero-order chi connectivity index (χ0) is 15.1. The van der Waals surface area contributed by atoms with E-state index in [0.717, 1.165) is 18.2 Å². The van der Waals surface area contributed by atoms with Gasteiger partial charge in [-0.2, -0.15) is 0 Å². The second-order valence-electron chi connectivity index (χ2n) is 2.25. The maximum Gasteiger partial charge on any atom is 0.220 e. The Morgan fingerprint density at radius 1 is 1.58 bits per heavy atom. The van der Waals surface area contributed by atoms with Crippen LogP contribution in [0, 0.1) is 0 Å². The lowest BCUT2D eigenvalue weighted by atomic mass is 10.1. The van der Waals surface area contributed by atoms with E-state index < -0.39 is 36.3 Å². The largest absolute Gasteiger partial charge is 0.504 e. The Hall–Kier alpha value is -1.31. The molecule has 1 rings (SSSR count). The molecule has 0 spiro atoms. The first kappa shape index (κ1) is 3.21. The molecule has 2 nitrogen and oxygen atoms in total. The average molecular weight is 171 g/mol. The molecule has 0 aliphatic carbocycles. The first-order valence-electron chi connectivity index (χ1n) is 6.75. The van der Waals surface area contributed by atoms with E-state index in [2.05, 4.69) is 0 Å². The Morgan fingerprint density at radius 2 is 2.33 bits per heavy atom. The Labute approximate surface area is 81.3 Å². The SMILES string of the molecule is [2H]C([2H])([2H])C([2H])(c1cccc(O)c(=O)c1)C([2H])([2H])[2H]. The standard InChI is InChI=1S/C10H12O2/c1-7(2)8-4-3-5-9(11)10(12)6-8/h3-7H,1-2H3,(H,11,12)/i1D3,2D3,7D. The van der Waals surface area contributed by atoms with Gasteiger partial charge in [-0.05, 0) is 23.6 Å². The summed E-state index contributed by atoms with van der Waals surface area (Å²) in [4.78, 5) is 11.4. The van der Waals surface area contributed by atoms with E-state index >= 15 is 0 Å². The van der Waals surface area contributed by atoms with Gasteiger partial charge in [0.15, 0.2) is 5.75 Å². The van der Waals surface area contributed by atoms with Crippen molar-refractivity contribution < 1.29 is 14.7 Å². The van der Waals surface area contributed by atoms with Crippen molar-refractivity contribution in [1.82, 2.24) is 0 Å². The summed E-state index contributed by atoms with van der Waals surface area (Å²) in [5, 5.41) is 9.22. The predicted molar refractivity (Wildman–Crippen MR) is 48.5 cm³/mol. The molecule has 12 heavy (non-hydrogen) atoms. The molecule has 0 radical (unpaired) electrons. The normalized spacial score (nSPS) is 21.8. The van der Waals surface area contributed by atoms with E-state index in [1.54, 1.807) is 0 Å². The summed E-state index contributed by atoms with van der Waals surface area (Å²) >= 11 is 0. The Balaban J connectivity index is 3.68. The molecule has 1 aromatic carbocycles. The Morgan fingerprint density at radius 3 is 3.00 bits per heavy atom. The van der Waals surface area contributed by atoms with Crippen molar-refractivity contribution in [2.45, 2.75) is 19.6 Å². The van der Waals surface area contributed by atoms with Gasteiger partial charge in [0.2, 0.25) is 5.43 Å². The van der Waals surface area contributed by atoms with E-state index in [1.165, 1.54) is 0 Å². The highest BCUT2D eigenvalue weighted by molar-refractivity contribution is 5.25. The topological polar surface area (TPSA) is 37.3 Å². The maximum absolute atomic E-state index is 11.4. The molecule has 1 N–H and O–H groups in total. The monoisotopic (exact) mass is 171 g/mol. The van der Waals surface area contributed by atoms with Gasteiger partial charge in [-0.1, -0.05) is 25.8 Å². The van der Waals surface area contributed by atoms with Crippen molar-refractivity contribution in [2.75, 3.05) is 0 Å². The maximum atomic E-state index is 11.4. The second kappa shape index (κ2) is 3.39. The zero-order valence-corrected chi connectivity index (χ0v) is 6.16. The highest BCUT2D eigenvalue weighted by Gasteiger charge is 1.99. The van der Waals surface area contributed by atoms with Gasteiger partial charge < -0.3 is 5.11 Å². The van der Waals surface area contributed by atoms with Crippen LogP contribution in [-0.4, -0.2) is 5.11 Å². The molecule has 2 heteroatoms. The molecule has 0 bridgehead atoms. The van der Waals surface area contributed by atoms with Gasteiger partial charge in [-0.25, -0.2) is 0 Å². The Kier molecular flexibility index (Phi) is 0.906. The van der Waals surface area contributed by atoms with E-state index in [4.69, 9.17) is 9.60 Å². The third kappa shape index (κ3) is 1.84. The summed E-state index contributed by atoms with van der Waals surface area (Å²) in [7, 11) is 0. The van der Waals surface area contributed by atoms with Crippen molar-refractivity contribution in [2.24, 2.45) is 0 Å². The van der Waals surface area contributed by atoms with Crippen LogP contribution in [0.15, 0.2) is 29.1 Å². The smallest absolute Gasteiger partial charge is 0.220 e. The number of hydrogen-bond donors (Lipinski definition) is 1. The zero-order valence-electron chi connectivity index (χ0n) is 13.2. The lowest BCUT2D eigenvalue weighted by molar-refractivity contribution is 0.471. The molecule has 0 fully saturated rings. The molecule has 0 unspecified atom stereocenters. The summed E-state index contributed by atoms with van der Waals surface area (Å²) < 4.78 is 51.6. The summed E-state index contributed by atoms with van der Waals surface area (Å²) in [6, 6.07) is 3.84. The van der Waals surface area contributed by atoms with Gasteiger partial charge in [0.25, 0.3) is 0 Å². The molecule has 64 valence electrons. The first-order chi connectivity index (χ1) is 8.41. The third-order valence-electron chi connectivity index (χ3n) is 1.36. The minimum atomic E-state index is -3.16. The average Bonchev–Trinajstić information content (AvgIpc) is 2.37. The van der Waals surface area contributed by atoms with Gasteiger partial charge in [0.1, 0.15) is 0 Å². The molecule has 0 aliphatic rings. The van der Waals surface area contributed by atoms with Crippen LogP contribution in [0.4, 0.5) is 0 Å². The molecule has 0 heterocycles. The summed E-state index contributed by atoms with van der Waals surface area (Å²) in [6.45, 7) is -6.32. The molecule has 0 amide bonds.